The summed E-state index contributed by atoms with van der Waals surface area (Å²) in [6, 6.07) is 4.81. The maximum absolute atomic E-state index is 12.2. The van der Waals surface area contributed by atoms with Crippen LogP contribution in [0.3, 0.4) is 0 Å². The molecule has 0 aliphatic carbocycles. The van der Waals surface area contributed by atoms with Gasteiger partial charge >= 0.3 is 5.51 Å². The van der Waals surface area contributed by atoms with Crippen LogP contribution in [-0.4, -0.2) is 18.6 Å². The smallest absolute Gasteiger partial charge is 0.371 e. The molecule has 0 spiro atoms. The van der Waals surface area contributed by atoms with Crippen molar-refractivity contribution >= 4 is 33.4 Å². The summed E-state index contributed by atoms with van der Waals surface area (Å²) in [5.74, 6) is 0. The maximum Gasteiger partial charge on any atom is 0.446 e. The third kappa shape index (κ3) is 3.55. The van der Waals surface area contributed by atoms with E-state index in [1.165, 1.54) is 12.1 Å². The van der Waals surface area contributed by atoms with E-state index in [9.17, 15) is 13.2 Å². The van der Waals surface area contributed by atoms with Crippen molar-refractivity contribution in [1.82, 2.24) is 0 Å². The van der Waals surface area contributed by atoms with E-state index in [0.717, 1.165) is 36.1 Å². The lowest BCUT2D eigenvalue weighted by Crippen LogP contribution is -2.17. The van der Waals surface area contributed by atoms with Crippen LogP contribution in [0.1, 0.15) is 12.8 Å². The summed E-state index contributed by atoms with van der Waals surface area (Å²) < 4.78 is 37.4. The molecule has 1 fully saturated rings. The number of benzene rings is 1. The number of halogens is 4. The molecule has 1 aliphatic heterocycles. The Morgan fingerprint density at radius 1 is 1.18 bits per heavy atom. The Bertz CT molecular complexity index is 402. The molecule has 0 N–H and O–H groups in total. The minimum Gasteiger partial charge on any atom is -0.371 e. The van der Waals surface area contributed by atoms with E-state index in [1.54, 1.807) is 6.07 Å². The van der Waals surface area contributed by atoms with Gasteiger partial charge in [-0.3, -0.25) is 0 Å². The van der Waals surface area contributed by atoms with Crippen LogP contribution in [0.5, 0.6) is 0 Å². The molecule has 94 valence electrons. The lowest BCUT2D eigenvalue weighted by Gasteiger charge is -2.19. The van der Waals surface area contributed by atoms with Gasteiger partial charge in [0, 0.05) is 22.5 Å². The van der Waals surface area contributed by atoms with E-state index in [1.807, 2.05) is 0 Å². The number of hydrogen-bond donors (Lipinski definition) is 0. The summed E-state index contributed by atoms with van der Waals surface area (Å²) in [5, 5.41) is 0. The Kier molecular flexibility index (Phi) is 3.92. The van der Waals surface area contributed by atoms with Gasteiger partial charge in [-0.2, -0.15) is 13.2 Å². The van der Waals surface area contributed by atoms with Crippen molar-refractivity contribution in [3.63, 3.8) is 0 Å². The highest BCUT2D eigenvalue weighted by atomic mass is 79.9. The van der Waals surface area contributed by atoms with E-state index in [2.05, 4.69) is 20.8 Å². The molecular weight excluding hydrogens is 315 g/mol. The molecule has 2 rings (SSSR count). The topological polar surface area (TPSA) is 3.24 Å². The second kappa shape index (κ2) is 5.10. The zero-order valence-electron chi connectivity index (χ0n) is 8.93. The van der Waals surface area contributed by atoms with E-state index in [4.69, 9.17) is 0 Å². The number of thioether (sulfide) groups is 1. The molecule has 1 aromatic carbocycles. The molecule has 0 saturated carbocycles. The SMILES string of the molecule is FC(F)(F)Sc1ccc(N2CCCC2)c(Br)c1. The van der Waals surface area contributed by atoms with Crippen molar-refractivity contribution in [1.29, 1.82) is 0 Å². The Morgan fingerprint density at radius 2 is 1.82 bits per heavy atom. The zero-order chi connectivity index (χ0) is 12.5. The normalized spacial score (nSPS) is 16.6. The van der Waals surface area contributed by atoms with Crippen molar-refractivity contribution in [2.45, 2.75) is 23.2 Å². The van der Waals surface area contributed by atoms with Crippen molar-refractivity contribution in [2.24, 2.45) is 0 Å². The highest BCUT2D eigenvalue weighted by Crippen LogP contribution is 2.40. The first-order valence-electron chi connectivity index (χ1n) is 5.26. The number of alkyl halides is 3. The summed E-state index contributed by atoms with van der Waals surface area (Å²) in [4.78, 5) is 2.40. The largest absolute Gasteiger partial charge is 0.446 e. The van der Waals surface area contributed by atoms with Crippen LogP contribution in [0.15, 0.2) is 27.6 Å². The van der Waals surface area contributed by atoms with Gasteiger partial charge in [-0.15, -0.1) is 0 Å². The van der Waals surface area contributed by atoms with Crippen LogP contribution < -0.4 is 4.90 Å². The third-order valence-corrected chi connectivity index (χ3v) is 3.96. The third-order valence-electron chi connectivity index (χ3n) is 2.60. The van der Waals surface area contributed by atoms with Gasteiger partial charge in [-0.05, 0) is 58.7 Å². The van der Waals surface area contributed by atoms with Gasteiger partial charge in [0.15, 0.2) is 0 Å². The molecule has 0 aromatic heterocycles. The van der Waals surface area contributed by atoms with Crippen LogP contribution >= 0.6 is 27.7 Å². The Labute approximate surface area is 110 Å². The van der Waals surface area contributed by atoms with Crippen LogP contribution in [0.4, 0.5) is 18.9 Å². The lowest BCUT2D eigenvalue weighted by atomic mass is 10.3. The second-order valence-corrected chi connectivity index (χ2v) is 5.85. The number of rotatable bonds is 2. The molecule has 1 heterocycles. The van der Waals surface area contributed by atoms with Gasteiger partial charge in [-0.1, -0.05) is 0 Å². The van der Waals surface area contributed by atoms with Crippen LogP contribution in [0.2, 0.25) is 0 Å². The van der Waals surface area contributed by atoms with E-state index < -0.39 is 5.51 Å². The summed E-state index contributed by atoms with van der Waals surface area (Å²) in [6.07, 6.45) is 2.29. The molecule has 17 heavy (non-hydrogen) atoms. The average Bonchev–Trinajstić information content (AvgIpc) is 2.68. The van der Waals surface area contributed by atoms with Gasteiger partial charge in [-0.25, -0.2) is 0 Å². The van der Waals surface area contributed by atoms with Crippen molar-refractivity contribution in [3.05, 3.63) is 22.7 Å². The number of hydrogen-bond acceptors (Lipinski definition) is 2. The molecular formula is C11H11BrF3NS. The Morgan fingerprint density at radius 3 is 2.35 bits per heavy atom. The van der Waals surface area contributed by atoms with Gasteiger partial charge < -0.3 is 4.90 Å². The molecule has 0 radical (unpaired) electrons. The van der Waals surface area contributed by atoms with E-state index in [-0.39, 0.29) is 16.7 Å². The predicted octanol–water partition coefficient (Wildman–Crippen LogP) is 4.66. The first kappa shape index (κ1) is 13.1. The predicted molar refractivity (Wildman–Crippen MR) is 67.5 cm³/mol. The first-order valence-corrected chi connectivity index (χ1v) is 6.87. The van der Waals surface area contributed by atoms with Crippen LogP contribution in [-0.2, 0) is 0 Å². The summed E-state index contributed by atoms with van der Waals surface area (Å²) in [5.41, 5.74) is -3.25. The summed E-state index contributed by atoms with van der Waals surface area (Å²) >= 11 is 3.26. The monoisotopic (exact) mass is 325 g/mol. The highest BCUT2D eigenvalue weighted by molar-refractivity contribution is 9.10. The fourth-order valence-electron chi connectivity index (χ4n) is 1.90. The van der Waals surface area contributed by atoms with Gasteiger partial charge in [0.1, 0.15) is 0 Å². The minimum atomic E-state index is -4.23. The standard InChI is InChI=1S/C11H11BrF3NS/c12-9-7-8(17-11(13,14)15)3-4-10(9)16-5-1-2-6-16/h3-4,7H,1-2,5-6H2. The number of nitrogens with zero attached hydrogens (tertiary/aromatic N) is 1. The lowest BCUT2D eigenvalue weighted by molar-refractivity contribution is -0.0328. The van der Waals surface area contributed by atoms with E-state index >= 15 is 0 Å². The van der Waals surface area contributed by atoms with Crippen molar-refractivity contribution < 1.29 is 13.2 Å². The van der Waals surface area contributed by atoms with Gasteiger partial charge in [0.2, 0.25) is 0 Å². The molecule has 0 bridgehead atoms. The summed E-state index contributed by atoms with van der Waals surface area (Å²) in [7, 11) is 0. The minimum absolute atomic E-state index is 0.0824. The molecule has 0 amide bonds. The average molecular weight is 326 g/mol. The first-order chi connectivity index (χ1) is 7.96. The van der Waals surface area contributed by atoms with Crippen molar-refractivity contribution in [2.75, 3.05) is 18.0 Å². The quantitative estimate of drug-likeness (QED) is 0.727. The molecule has 1 aromatic rings. The molecule has 0 atom stereocenters. The summed E-state index contributed by atoms with van der Waals surface area (Å²) in [6.45, 7) is 1.95. The maximum atomic E-state index is 12.2. The zero-order valence-corrected chi connectivity index (χ0v) is 11.3. The fraction of sp³-hybridized carbons (Fsp3) is 0.455. The van der Waals surface area contributed by atoms with Gasteiger partial charge in [0.25, 0.3) is 0 Å². The number of anilines is 1. The molecule has 1 nitrogen and oxygen atoms in total. The van der Waals surface area contributed by atoms with Gasteiger partial charge in [0.05, 0.1) is 5.69 Å². The van der Waals surface area contributed by atoms with E-state index in [0.29, 0.717) is 0 Å². The highest BCUT2D eigenvalue weighted by Gasteiger charge is 2.29. The second-order valence-electron chi connectivity index (χ2n) is 3.86. The fourth-order valence-corrected chi connectivity index (χ4v) is 3.26. The Balaban J connectivity index is 2.16. The molecule has 1 aliphatic rings. The van der Waals surface area contributed by atoms with Crippen molar-refractivity contribution in [3.8, 4) is 0 Å². The Hall–Kier alpha value is -0.360. The molecule has 0 unspecified atom stereocenters. The molecule has 1 saturated heterocycles. The van der Waals surface area contributed by atoms with Crippen LogP contribution in [0.25, 0.3) is 0 Å². The molecule has 6 heteroatoms. The van der Waals surface area contributed by atoms with Crippen LogP contribution in [0, 0.1) is 0 Å².